The molecular formula is C24H46N4O8S. The highest BCUT2D eigenvalue weighted by atomic mass is 32.2. The van der Waals surface area contributed by atoms with Gasteiger partial charge in [0.05, 0.1) is 91.4 Å². The highest BCUT2D eigenvalue weighted by Crippen LogP contribution is 2.33. The molecule has 37 heavy (non-hydrogen) atoms. The summed E-state index contributed by atoms with van der Waals surface area (Å²) in [4.78, 5) is 23.4. The molecule has 0 aromatic heterocycles. The first-order valence-electron chi connectivity index (χ1n) is 13.3. The van der Waals surface area contributed by atoms with Gasteiger partial charge in [-0.1, -0.05) is 6.42 Å². The standard InChI is InChI=1S/C24H46N4O8S/c25-5-7-31-9-11-33-13-15-35-17-18-36-16-14-34-12-10-32-8-6-26-22(29)4-2-1-3-21-23-20(19-37-21)27-24(30)28-23/h20-21,23H,1-19,25H2,(H,26,29)(H2,27,28,30)/t20?,21?,23-/m0/s1. The van der Waals surface area contributed by atoms with Crippen molar-refractivity contribution in [2.45, 2.75) is 43.0 Å². The van der Waals surface area contributed by atoms with Crippen LogP contribution in [0, 0.1) is 0 Å². The number of rotatable bonds is 25. The summed E-state index contributed by atoms with van der Waals surface area (Å²) in [6, 6.07) is 0.429. The summed E-state index contributed by atoms with van der Waals surface area (Å²) in [6.45, 7) is 7.15. The van der Waals surface area contributed by atoms with E-state index in [1.165, 1.54) is 0 Å². The maximum absolute atomic E-state index is 12.0. The molecule has 216 valence electrons. The number of carbonyl (C=O) groups excluding carboxylic acids is 2. The van der Waals surface area contributed by atoms with Crippen LogP contribution in [0.25, 0.3) is 0 Å². The van der Waals surface area contributed by atoms with Crippen LogP contribution < -0.4 is 21.7 Å². The first-order chi connectivity index (χ1) is 18.2. The summed E-state index contributed by atoms with van der Waals surface area (Å²) in [5, 5.41) is 9.28. The van der Waals surface area contributed by atoms with E-state index < -0.39 is 0 Å². The predicted molar refractivity (Wildman–Crippen MR) is 141 cm³/mol. The number of nitrogens with one attached hydrogen (secondary N) is 3. The van der Waals surface area contributed by atoms with Crippen LogP contribution in [0.4, 0.5) is 4.79 Å². The third kappa shape index (κ3) is 15.7. The quantitative estimate of drug-likeness (QED) is 0.0895. The average Bonchev–Trinajstić information content (AvgIpc) is 3.44. The van der Waals surface area contributed by atoms with Gasteiger partial charge in [-0.3, -0.25) is 4.79 Å². The Bertz CT molecular complexity index is 607. The Morgan fingerprint density at radius 2 is 1.35 bits per heavy atom. The normalized spacial score (nSPS) is 20.6. The molecule has 0 radical (unpaired) electrons. The van der Waals surface area contributed by atoms with Gasteiger partial charge in [-0.2, -0.15) is 11.8 Å². The van der Waals surface area contributed by atoms with Crippen molar-refractivity contribution >= 4 is 23.7 Å². The molecule has 0 spiro atoms. The number of hydrogen-bond donors (Lipinski definition) is 4. The van der Waals surface area contributed by atoms with Crippen molar-refractivity contribution in [3.05, 3.63) is 0 Å². The van der Waals surface area contributed by atoms with E-state index >= 15 is 0 Å². The van der Waals surface area contributed by atoms with E-state index in [9.17, 15) is 9.59 Å². The second-order valence-corrected chi connectivity index (χ2v) is 9.95. The number of fused-ring (bicyclic) bond motifs is 1. The molecule has 13 heteroatoms. The number of unbranched alkanes of at least 4 members (excludes halogenated alkanes) is 1. The SMILES string of the molecule is NCCOCCOCCOCCOCCOCCOCCNC(=O)CCCCC1SCC2NC(=O)N[C@@H]21. The highest BCUT2D eigenvalue weighted by Gasteiger charge is 2.42. The zero-order chi connectivity index (χ0) is 26.4. The molecule has 0 aromatic rings. The summed E-state index contributed by atoms with van der Waals surface area (Å²) in [7, 11) is 0. The molecule has 2 saturated heterocycles. The molecule has 2 aliphatic rings. The Labute approximate surface area is 224 Å². The molecule has 0 aromatic carbocycles. The minimum absolute atomic E-state index is 0.0502. The van der Waals surface area contributed by atoms with Crippen molar-refractivity contribution in [2.24, 2.45) is 5.73 Å². The molecule has 2 fully saturated rings. The number of amides is 3. The average molecular weight is 551 g/mol. The van der Waals surface area contributed by atoms with Gasteiger partial charge in [0.2, 0.25) is 5.91 Å². The number of ether oxygens (including phenoxy) is 6. The molecule has 2 rings (SSSR count). The van der Waals surface area contributed by atoms with Crippen LogP contribution >= 0.6 is 11.8 Å². The molecule has 0 bridgehead atoms. The first-order valence-corrected chi connectivity index (χ1v) is 14.4. The lowest BCUT2D eigenvalue weighted by molar-refractivity contribution is -0.121. The second kappa shape index (κ2) is 21.7. The van der Waals surface area contributed by atoms with E-state index in [0.29, 0.717) is 104 Å². The van der Waals surface area contributed by atoms with Gasteiger partial charge in [-0.25, -0.2) is 4.79 Å². The summed E-state index contributed by atoms with van der Waals surface area (Å²) in [5.41, 5.74) is 5.32. The Hall–Kier alpha value is -1.19. The van der Waals surface area contributed by atoms with Crippen LogP contribution in [0.15, 0.2) is 0 Å². The van der Waals surface area contributed by atoms with Crippen molar-refractivity contribution in [1.82, 2.24) is 16.0 Å². The van der Waals surface area contributed by atoms with Crippen LogP contribution in [-0.2, 0) is 33.2 Å². The summed E-state index contributed by atoms with van der Waals surface area (Å²) < 4.78 is 32.3. The molecule has 2 unspecified atom stereocenters. The fourth-order valence-corrected chi connectivity index (χ4v) is 5.45. The lowest BCUT2D eigenvalue weighted by Gasteiger charge is -2.16. The molecule has 12 nitrogen and oxygen atoms in total. The van der Waals surface area contributed by atoms with Gasteiger partial charge in [-0.15, -0.1) is 0 Å². The van der Waals surface area contributed by atoms with E-state index in [-0.39, 0.29) is 24.0 Å². The number of hydrogen-bond acceptors (Lipinski definition) is 10. The van der Waals surface area contributed by atoms with Gasteiger partial charge in [0, 0.05) is 30.5 Å². The van der Waals surface area contributed by atoms with Gasteiger partial charge < -0.3 is 50.1 Å². The molecule has 2 heterocycles. The molecule has 5 N–H and O–H groups in total. The topological polar surface area (TPSA) is 152 Å². The number of carbonyl (C=O) groups is 2. The van der Waals surface area contributed by atoms with E-state index in [4.69, 9.17) is 34.2 Å². The number of urea groups is 1. The van der Waals surface area contributed by atoms with Crippen LogP contribution in [0.3, 0.4) is 0 Å². The Morgan fingerprint density at radius 1 is 0.811 bits per heavy atom. The third-order valence-electron chi connectivity index (χ3n) is 5.77. The Kier molecular flexibility index (Phi) is 18.8. The van der Waals surface area contributed by atoms with Gasteiger partial charge in [0.1, 0.15) is 0 Å². The predicted octanol–water partition coefficient (Wildman–Crippen LogP) is -0.113. The van der Waals surface area contributed by atoms with Gasteiger partial charge in [-0.05, 0) is 12.8 Å². The largest absolute Gasteiger partial charge is 0.378 e. The molecule has 0 aliphatic carbocycles. The maximum atomic E-state index is 12.0. The van der Waals surface area contributed by atoms with Crippen molar-refractivity contribution in [3.8, 4) is 0 Å². The lowest BCUT2D eigenvalue weighted by Crippen LogP contribution is -2.36. The van der Waals surface area contributed by atoms with E-state index in [2.05, 4.69) is 16.0 Å². The zero-order valence-corrected chi connectivity index (χ0v) is 22.7. The van der Waals surface area contributed by atoms with Gasteiger partial charge in [0.25, 0.3) is 0 Å². The van der Waals surface area contributed by atoms with Crippen molar-refractivity contribution in [1.29, 1.82) is 0 Å². The lowest BCUT2D eigenvalue weighted by atomic mass is 10.0. The molecular weight excluding hydrogens is 504 g/mol. The van der Waals surface area contributed by atoms with Crippen LogP contribution in [0.5, 0.6) is 0 Å². The third-order valence-corrected chi connectivity index (χ3v) is 7.28. The van der Waals surface area contributed by atoms with Crippen molar-refractivity contribution in [3.63, 3.8) is 0 Å². The van der Waals surface area contributed by atoms with Crippen LogP contribution in [0.2, 0.25) is 0 Å². The second-order valence-electron chi connectivity index (χ2n) is 8.68. The Balaban J connectivity index is 1.23. The fraction of sp³-hybridized carbons (Fsp3) is 0.917. The van der Waals surface area contributed by atoms with Gasteiger partial charge >= 0.3 is 6.03 Å². The van der Waals surface area contributed by atoms with Crippen molar-refractivity contribution in [2.75, 3.05) is 98.1 Å². The summed E-state index contributed by atoms with van der Waals surface area (Å²) in [6.07, 6.45) is 3.37. The van der Waals surface area contributed by atoms with E-state index in [1.54, 1.807) is 0 Å². The molecule has 2 aliphatic heterocycles. The minimum atomic E-state index is -0.0561. The first kappa shape index (κ1) is 32.0. The molecule has 3 amide bonds. The number of thioether (sulfide) groups is 1. The fourth-order valence-electron chi connectivity index (χ4n) is 3.91. The molecule has 3 atom stereocenters. The molecule has 0 saturated carbocycles. The van der Waals surface area contributed by atoms with Crippen molar-refractivity contribution < 1.29 is 38.0 Å². The van der Waals surface area contributed by atoms with E-state index in [1.807, 2.05) is 11.8 Å². The zero-order valence-electron chi connectivity index (χ0n) is 21.9. The minimum Gasteiger partial charge on any atom is -0.378 e. The van der Waals surface area contributed by atoms with Crippen LogP contribution in [-0.4, -0.2) is 127 Å². The summed E-state index contributed by atoms with van der Waals surface area (Å²) >= 11 is 1.90. The maximum Gasteiger partial charge on any atom is 0.315 e. The summed E-state index contributed by atoms with van der Waals surface area (Å²) in [5.74, 6) is 1.02. The monoisotopic (exact) mass is 550 g/mol. The Morgan fingerprint density at radius 3 is 1.92 bits per heavy atom. The van der Waals surface area contributed by atoms with E-state index in [0.717, 1.165) is 25.0 Å². The number of nitrogens with two attached hydrogens (primary N) is 1. The highest BCUT2D eigenvalue weighted by molar-refractivity contribution is 8.00. The van der Waals surface area contributed by atoms with Gasteiger partial charge in [0.15, 0.2) is 0 Å². The van der Waals surface area contributed by atoms with Crippen LogP contribution in [0.1, 0.15) is 25.7 Å². The smallest absolute Gasteiger partial charge is 0.315 e.